The Kier molecular flexibility index (Phi) is 4.53. The molecule has 0 radical (unpaired) electrons. The second-order valence-corrected chi connectivity index (χ2v) is 6.89. The summed E-state index contributed by atoms with van der Waals surface area (Å²) in [4.78, 5) is 25.9. The van der Waals surface area contributed by atoms with E-state index in [4.69, 9.17) is 4.74 Å². The molecule has 2 N–H and O–H groups in total. The molecule has 1 aromatic heterocycles. The molecule has 3 rings (SSSR count). The monoisotopic (exact) mass is 358 g/mol. The van der Waals surface area contributed by atoms with Crippen LogP contribution < -0.4 is 5.32 Å². The second-order valence-electron chi connectivity index (χ2n) is 6.89. The van der Waals surface area contributed by atoms with Gasteiger partial charge >= 0.3 is 5.97 Å². The van der Waals surface area contributed by atoms with E-state index in [9.17, 15) is 14.7 Å². The third-order valence-electron chi connectivity index (χ3n) is 5.17. The van der Waals surface area contributed by atoms with E-state index in [0.717, 1.165) is 0 Å². The fourth-order valence-corrected chi connectivity index (χ4v) is 3.35. The fraction of sp³-hybridized carbons (Fsp3) is 0.444. The van der Waals surface area contributed by atoms with Crippen LogP contribution in [0.5, 0.6) is 0 Å². The number of rotatable bonds is 6. The molecule has 0 saturated heterocycles. The molecule has 1 aromatic carbocycles. The van der Waals surface area contributed by atoms with E-state index in [2.05, 4.69) is 15.5 Å². The lowest BCUT2D eigenvalue weighted by atomic mass is 9.54. The van der Waals surface area contributed by atoms with Crippen molar-refractivity contribution in [1.82, 2.24) is 20.3 Å². The van der Waals surface area contributed by atoms with Crippen molar-refractivity contribution in [3.05, 3.63) is 42.2 Å². The number of nitrogens with zero attached hydrogens (tertiary/aromatic N) is 3. The van der Waals surface area contributed by atoms with Crippen LogP contribution in [0.25, 0.3) is 5.69 Å². The van der Waals surface area contributed by atoms with Gasteiger partial charge in [-0.25, -0.2) is 4.79 Å². The zero-order chi connectivity index (χ0) is 18.9. The number of carboxylic acid groups (broad SMARTS) is 1. The Morgan fingerprint density at radius 2 is 2.04 bits per heavy atom. The van der Waals surface area contributed by atoms with Gasteiger partial charge in [0, 0.05) is 18.4 Å². The fourth-order valence-electron chi connectivity index (χ4n) is 3.35. The SMILES string of the molecule is CCOC1CC(NC(=O)c2cnn(-c3ccccc3)n2)(C(=O)O)C1(C)C. The van der Waals surface area contributed by atoms with Gasteiger partial charge in [-0.05, 0) is 19.1 Å². The van der Waals surface area contributed by atoms with E-state index in [1.54, 1.807) is 13.8 Å². The molecule has 1 heterocycles. The molecule has 138 valence electrons. The van der Waals surface area contributed by atoms with Crippen molar-refractivity contribution in [2.75, 3.05) is 6.61 Å². The Morgan fingerprint density at radius 3 is 2.62 bits per heavy atom. The normalized spacial score (nSPS) is 23.9. The summed E-state index contributed by atoms with van der Waals surface area (Å²) >= 11 is 0. The first-order valence-electron chi connectivity index (χ1n) is 8.47. The van der Waals surface area contributed by atoms with Crippen LogP contribution in [-0.2, 0) is 9.53 Å². The van der Waals surface area contributed by atoms with Crippen LogP contribution in [0.1, 0.15) is 37.7 Å². The molecule has 0 aliphatic heterocycles. The summed E-state index contributed by atoms with van der Waals surface area (Å²) in [5, 5.41) is 20.7. The highest BCUT2D eigenvalue weighted by molar-refractivity contribution is 5.97. The molecule has 2 aromatic rings. The molecule has 1 saturated carbocycles. The maximum absolute atomic E-state index is 12.6. The zero-order valence-electron chi connectivity index (χ0n) is 15.0. The molecule has 26 heavy (non-hydrogen) atoms. The number of ether oxygens (including phenoxy) is 1. The summed E-state index contributed by atoms with van der Waals surface area (Å²) in [6, 6.07) is 9.15. The highest BCUT2D eigenvalue weighted by Gasteiger charge is 2.66. The molecule has 2 atom stereocenters. The van der Waals surface area contributed by atoms with Crippen LogP contribution in [0.4, 0.5) is 0 Å². The molecule has 1 aliphatic carbocycles. The van der Waals surface area contributed by atoms with Crippen LogP contribution in [-0.4, -0.2) is 50.2 Å². The summed E-state index contributed by atoms with van der Waals surface area (Å²) in [6.45, 7) is 5.92. The van der Waals surface area contributed by atoms with Gasteiger partial charge in [0.15, 0.2) is 5.69 Å². The molecule has 1 amide bonds. The number of para-hydroxylation sites is 1. The Morgan fingerprint density at radius 1 is 1.35 bits per heavy atom. The van der Waals surface area contributed by atoms with Crippen LogP contribution in [0, 0.1) is 5.41 Å². The Hall–Kier alpha value is -2.74. The van der Waals surface area contributed by atoms with Crippen LogP contribution in [0.2, 0.25) is 0 Å². The van der Waals surface area contributed by atoms with Crippen molar-refractivity contribution in [3.8, 4) is 5.69 Å². The van der Waals surface area contributed by atoms with Crippen LogP contribution >= 0.6 is 0 Å². The van der Waals surface area contributed by atoms with Crippen molar-refractivity contribution in [1.29, 1.82) is 0 Å². The third kappa shape index (κ3) is 2.76. The summed E-state index contributed by atoms with van der Waals surface area (Å²) in [5.41, 5.74) is -1.38. The maximum atomic E-state index is 12.6. The van der Waals surface area contributed by atoms with Gasteiger partial charge in [-0.2, -0.15) is 9.90 Å². The largest absolute Gasteiger partial charge is 0.479 e. The maximum Gasteiger partial charge on any atom is 0.330 e. The highest BCUT2D eigenvalue weighted by atomic mass is 16.5. The zero-order valence-corrected chi connectivity index (χ0v) is 15.0. The molecule has 8 nitrogen and oxygen atoms in total. The van der Waals surface area contributed by atoms with Crippen molar-refractivity contribution >= 4 is 11.9 Å². The number of aromatic nitrogens is 3. The van der Waals surface area contributed by atoms with Crippen LogP contribution in [0.15, 0.2) is 36.5 Å². The molecule has 0 bridgehead atoms. The summed E-state index contributed by atoms with van der Waals surface area (Å²) < 4.78 is 5.60. The number of carboxylic acids is 1. The molecule has 1 fully saturated rings. The number of hydrogen-bond acceptors (Lipinski definition) is 5. The predicted octanol–water partition coefficient (Wildman–Crippen LogP) is 1.66. The van der Waals surface area contributed by atoms with Gasteiger partial charge < -0.3 is 15.2 Å². The Balaban J connectivity index is 1.80. The number of benzene rings is 1. The minimum Gasteiger partial charge on any atom is -0.479 e. The minimum absolute atomic E-state index is 0.0603. The van der Waals surface area contributed by atoms with E-state index in [0.29, 0.717) is 12.3 Å². The number of aliphatic carboxylic acids is 1. The molecule has 1 aliphatic rings. The first kappa shape index (κ1) is 18.1. The lowest BCUT2D eigenvalue weighted by Crippen LogP contribution is -2.76. The van der Waals surface area contributed by atoms with E-state index >= 15 is 0 Å². The van der Waals surface area contributed by atoms with Gasteiger partial charge in [0.05, 0.1) is 18.0 Å². The standard InChI is InChI=1S/C18H22N4O4/c1-4-26-14-10-18(16(24)25,17(14,2)3)20-15(23)13-11-19-22(21-13)12-8-6-5-7-9-12/h5-9,11,14H,4,10H2,1-3H3,(H,20,23)(H,24,25). The second kappa shape index (κ2) is 6.53. The van der Waals surface area contributed by atoms with Gasteiger partial charge in [-0.3, -0.25) is 4.79 Å². The van der Waals surface area contributed by atoms with Crippen molar-refractivity contribution in [2.24, 2.45) is 5.41 Å². The van der Waals surface area contributed by atoms with Crippen molar-refractivity contribution < 1.29 is 19.4 Å². The van der Waals surface area contributed by atoms with E-state index in [1.165, 1.54) is 11.0 Å². The van der Waals surface area contributed by atoms with E-state index in [1.807, 2.05) is 37.3 Å². The first-order chi connectivity index (χ1) is 12.3. The average molecular weight is 358 g/mol. The van der Waals surface area contributed by atoms with E-state index in [-0.39, 0.29) is 18.2 Å². The van der Waals surface area contributed by atoms with Gasteiger partial charge in [0.1, 0.15) is 5.54 Å². The lowest BCUT2D eigenvalue weighted by molar-refractivity contribution is -0.190. The highest BCUT2D eigenvalue weighted by Crippen LogP contribution is 2.51. The molecular formula is C18H22N4O4. The molecular weight excluding hydrogens is 336 g/mol. The number of hydrogen-bond donors (Lipinski definition) is 2. The number of amides is 1. The topological polar surface area (TPSA) is 106 Å². The van der Waals surface area contributed by atoms with Gasteiger partial charge in [0.2, 0.25) is 0 Å². The van der Waals surface area contributed by atoms with Gasteiger partial charge in [-0.15, -0.1) is 5.10 Å². The van der Waals surface area contributed by atoms with Gasteiger partial charge in [-0.1, -0.05) is 32.0 Å². The molecule has 2 unspecified atom stereocenters. The Labute approximate surface area is 151 Å². The van der Waals surface area contributed by atoms with Crippen molar-refractivity contribution in [2.45, 2.75) is 38.8 Å². The lowest BCUT2D eigenvalue weighted by Gasteiger charge is -2.58. The van der Waals surface area contributed by atoms with E-state index < -0.39 is 22.8 Å². The predicted molar refractivity (Wildman–Crippen MR) is 93.0 cm³/mol. The quantitative estimate of drug-likeness (QED) is 0.813. The third-order valence-corrected chi connectivity index (χ3v) is 5.17. The first-order valence-corrected chi connectivity index (χ1v) is 8.47. The summed E-state index contributed by atoms with van der Waals surface area (Å²) in [6.07, 6.45) is 1.30. The van der Waals surface area contributed by atoms with Gasteiger partial charge in [0.25, 0.3) is 5.91 Å². The number of carbonyl (C=O) groups is 2. The summed E-state index contributed by atoms with van der Waals surface area (Å²) in [7, 11) is 0. The Bertz CT molecular complexity index is 818. The molecule has 0 spiro atoms. The smallest absolute Gasteiger partial charge is 0.330 e. The number of carbonyl (C=O) groups excluding carboxylic acids is 1. The minimum atomic E-state index is -1.40. The number of nitrogens with one attached hydrogen (secondary N) is 1. The van der Waals surface area contributed by atoms with Crippen LogP contribution in [0.3, 0.4) is 0 Å². The summed E-state index contributed by atoms with van der Waals surface area (Å²) in [5.74, 6) is -1.65. The van der Waals surface area contributed by atoms with Crippen molar-refractivity contribution in [3.63, 3.8) is 0 Å². The average Bonchev–Trinajstić information content (AvgIpc) is 3.11. The molecule has 8 heteroatoms.